The number of hydrogen-bond acceptors (Lipinski definition) is 4. The SMILES string of the molecule is CCOP(=O)(OCC)C(=S=O)c1cccc(C)c1. The van der Waals surface area contributed by atoms with Crippen molar-refractivity contribution >= 4 is 23.5 Å². The molecule has 0 fully saturated rings. The van der Waals surface area contributed by atoms with Crippen molar-refractivity contribution in [2.75, 3.05) is 13.2 Å². The van der Waals surface area contributed by atoms with Crippen LogP contribution in [0, 0.1) is 6.92 Å². The van der Waals surface area contributed by atoms with Crippen LogP contribution < -0.4 is 0 Å². The van der Waals surface area contributed by atoms with E-state index in [4.69, 9.17) is 9.05 Å². The Hall–Kier alpha value is -0.740. The van der Waals surface area contributed by atoms with Gasteiger partial charge >= 0.3 is 7.60 Å². The van der Waals surface area contributed by atoms with Crippen LogP contribution in [0.2, 0.25) is 0 Å². The van der Waals surface area contributed by atoms with Crippen LogP contribution in [0.5, 0.6) is 0 Å². The Morgan fingerprint density at radius 3 is 2.33 bits per heavy atom. The molecule has 1 rings (SSSR count). The van der Waals surface area contributed by atoms with Crippen LogP contribution >= 0.6 is 7.60 Å². The van der Waals surface area contributed by atoms with Crippen molar-refractivity contribution in [1.29, 1.82) is 0 Å². The molecule has 0 unspecified atom stereocenters. The molecule has 100 valence electrons. The molecule has 0 aliphatic carbocycles. The second-order valence-corrected chi connectivity index (χ2v) is 6.43. The summed E-state index contributed by atoms with van der Waals surface area (Å²) in [7, 11) is -3.50. The van der Waals surface area contributed by atoms with E-state index in [1.165, 1.54) is 0 Å². The molecule has 0 saturated heterocycles. The molecule has 0 aromatic heterocycles. The van der Waals surface area contributed by atoms with Gasteiger partial charge in [-0.1, -0.05) is 29.8 Å². The zero-order valence-corrected chi connectivity index (χ0v) is 12.4. The number of benzene rings is 1. The zero-order valence-electron chi connectivity index (χ0n) is 10.7. The monoisotopic (exact) mass is 288 g/mol. The van der Waals surface area contributed by atoms with Gasteiger partial charge in [0.15, 0.2) is 4.61 Å². The minimum absolute atomic E-state index is 0.120. The predicted molar refractivity (Wildman–Crippen MR) is 74.3 cm³/mol. The third kappa shape index (κ3) is 3.62. The molecule has 0 aliphatic rings. The summed E-state index contributed by atoms with van der Waals surface area (Å²) in [5.41, 5.74) is 1.58. The summed E-state index contributed by atoms with van der Waals surface area (Å²) < 4.78 is 34.3. The van der Waals surface area contributed by atoms with Crippen molar-refractivity contribution in [3.05, 3.63) is 35.4 Å². The number of aryl methyl sites for hydroxylation is 1. The summed E-state index contributed by atoms with van der Waals surface area (Å²) in [6.45, 7) is 5.80. The molecule has 0 N–H and O–H groups in total. The molecule has 4 nitrogen and oxygen atoms in total. The lowest BCUT2D eigenvalue weighted by Gasteiger charge is -2.17. The average Bonchev–Trinajstić information content (AvgIpc) is 2.30. The van der Waals surface area contributed by atoms with Crippen molar-refractivity contribution in [2.45, 2.75) is 20.8 Å². The molecule has 0 amide bonds. The second-order valence-electron chi connectivity index (χ2n) is 3.59. The Balaban J connectivity index is 3.24. The maximum Gasteiger partial charge on any atom is 0.375 e. The zero-order chi connectivity index (χ0) is 13.6. The van der Waals surface area contributed by atoms with Crippen molar-refractivity contribution in [3.63, 3.8) is 0 Å². The third-order valence-corrected chi connectivity index (χ3v) is 5.43. The highest BCUT2D eigenvalue weighted by molar-refractivity contribution is 7.91. The summed E-state index contributed by atoms with van der Waals surface area (Å²) in [6.07, 6.45) is 0. The van der Waals surface area contributed by atoms with Gasteiger partial charge in [0.1, 0.15) is 11.3 Å². The van der Waals surface area contributed by atoms with Crippen LogP contribution in [-0.4, -0.2) is 22.0 Å². The minimum Gasteiger partial charge on any atom is -0.305 e. The average molecular weight is 288 g/mol. The Bertz CT molecular complexity index is 499. The number of hydrogen-bond donors (Lipinski definition) is 0. The Morgan fingerprint density at radius 2 is 1.89 bits per heavy atom. The summed E-state index contributed by atoms with van der Waals surface area (Å²) >= 11 is 0.172. The molecule has 0 spiro atoms. The smallest absolute Gasteiger partial charge is 0.305 e. The van der Waals surface area contributed by atoms with E-state index in [-0.39, 0.29) is 29.1 Å². The topological polar surface area (TPSA) is 52.6 Å². The lowest BCUT2D eigenvalue weighted by molar-refractivity contribution is 0.233. The van der Waals surface area contributed by atoms with Crippen LogP contribution in [-0.2, 0) is 24.9 Å². The summed E-state index contributed by atoms with van der Waals surface area (Å²) in [5.74, 6) is 0. The molecule has 18 heavy (non-hydrogen) atoms. The van der Waals surface area contributed by atoms with Crippen LogP contribution in [0.1, 0.15) is 25.0 Å². The maximum absolute atomic E-state index is 12.6. The van der Waals surface area contributed by atoms with Crippen LogP contribution in [0.25, 0.3) is 0 Å². The van der Waals surface area contributed by atoms with Crippen molar-refractivity contribution < 1.29 is 17.8 Å². The molecule has 6 heteroatoms. The highest BCUT2D eigenvalue weighted by Crippen LogP contribution is 2.51. The molecule has 0 radical (unpaired) electrons. The first-order valence-corrected chi connectivity index (χ1v) is 7.99. The standard InChI is InChI=1S/C12H17O4PS/c1-4-15-17(13,16-5-2)12(18-14)11-8-6-7-10(3)9-11/h6-9H,4-5H2,1-3H3. The molecule has 0 heterocycles. The molecule has 0 saturated carbocycles. The van der Waals surface area contributed by atoms with Gasteiger partial charge in [0.2, 0.25) is 0 Å². The van der Waals surface area contributed by atoms with Gasteiger partial charge in [-0.05, 0) is 20.8 Å². The quantitative estimate of drug-likeness (QED) is 0.596. The molecule has 0 atom stereocenters. The molecule has 0 bridgehead atoms. The molecular formula is C12H17O4PS. The third-order valence-electron chi connectivity index (χ3n) is 2.19. The maximum atomic E-state index is 12.6. The van der Waals surface area contributed by atoms with E-state index < -0.39 is 7.60 Å². The lowest BCUT2D eigenvalue weighted by Crippen LogP contribution is -2.09. The van der Waals surface area contributed by atoms with Crippen molar-refractivity contribution in [2.24, 2.45) is 0 Å². The fourth-order valence-corrected chi connectivity index (χ4v) is 3.87. The fraction of sp³-hybridized carbons (Fsp3) is 0.417. The van der Waals surface area contributed by atoms with E-state index in [1.807, 2.05) is 19.1 Å². The van der Waals surface area contributed by atoms with E-state index in [0.717, 1.165) is 5.56 Å². The van der Waals surface area contributed by atoms with Gasteiger partial charge in [-0.2, -0.15) is 0 Å². The van der Waals surface area contributed by atoms with Gasteiger partial charge in [-0.25, -0.2) is 4.21 Å². The van der Waals surface area contributed by atoms with E-state index in [2.05, 4.69) is 0 Å². The Labute approximate surface area is 111 Å². The highest BCUT2D eigenvalue weighted by atomic mass is 32.1. The van der Waals surface area contributed by atoms with Crippen LogP contribution in [0.4, 0.5) is 0 Å². The first kappa shape index (κ1) is 15.3. The lowest BCUT2D eigenvalue weighted by atomic mass is 10.2. The van der Waals surface area contributed by atoms with E-state index >= 15 is 0 Å². The van der Waals surface area contributed by atoms with Gasteiger partial charge in [0.05, 0.1) is 13.2 Å². The molecule has 1 aromatic carbocycles. The minimum atomic E-state index is -3.50. The summed E-state index contributed by atoms with van der Waals surface area (Å²) in [5, 5.41) is 0. The van der Waals surface area contributed by atoms with Gasteiger partial charge in [0, 0.05) is 5.56 Å². The predicted octanol–water partition coefficient (Wildman–Crippen LogP) is 2.95. The van der Waals surface area contributed by atoms with Gasteiger partial charge in [-0.3, -0.25) is 4.57 Å². The Morgan fingerprint density at radius 1 is 1.28 bits per heavy atom. The first-order valence-electron chi connectivity index (χ1n) is 5.71. The van der Waals surface area contributed by atoms with Crippen molar-refractivity contribution in [3.8, 4) is 0 Å². The van der Waals surface area contributed by atoms with E-state index in [9.17, 15) is 8.77 Å². The van der Waals surface area contributed by atoms with Gasteiger partial charge < -0.3 is 9.05 Å². The fourth-order valence-electron chi connectivity index (χ4n) is 1.52. The normalized spacial score (nSPS) is 11.3. The summed E-state index contributed by atoms with van der Waals surface area (Å²) in [4.78, 5) is 0. The Kier molecular flexibility index (Phi) is 5.96. The number of rotatable bonds is 6. The van der Waals surface area contributed by atoms with Crippen LogP contribution in [0.3, 0.4) is 0 Å². The molecule has 1 aromatic rings. The molecular weight excluding hydrogens is 271 g/mol. The second kappa shape index (κ2) is 7.00. The molecule has 0 aliphatic heterocycles. The first-order chi connectivity index (χ1) is 8.57. The van der Waals surface area contributed by atoms with E-state index in [0.29, 0.717) is 5.56 Å². The van der Waals surface area contributed by atoms with Gasteiger partial charge in [-0.15, -0.1) is 0 Å². The van der Waals surface area contributed by atoms with Gasteiger partial charge in [0.25, 0.3) is 0 Å². The van der Waals surface area contributed by atoms with Crippen LogP contribution in [0.15, 0.2) is 24.3 Å². The van der Waals surface area contributed by atoms with E-state index in [1.54, 1.807) is 26.0 Å². The summed E-state index contributed by atoms with van der Waals surface area (Å²) in [6, 6.07) is 7.24. The largest absolute Gasteiger partial charge is 0.375 e. The van der Waals surface area contributed by atoms with Crippen molar-refractivity contribution in [1.82, 2.24) is 0 Å². The highest BCUT2D eigenvalue weighted by Gasteiger charge is 2.32.